The summed E-state index contributed by atoms with van der Waals surface area (Å²) in [5.41, 5.74) is 0. The van der Waals surface area contributed by atoms with Crippen molar-refractivity contribution in [3.8, 4) is 0 Å². The van der Waals surface area contributed by atoms with Gasteiger partial charge in [0.15, 0.2) is 0 Å². The average Bonchev–Trinajstić information content (AvgIpc) is 2.45. The van der Waals surface area contributed by atoms with Gasteiger partial charge in [-0.2, -0.15) is 0 Å². The molecule has 0 aromatic heterocycles. The minimum absolute atomic E-state index is 0.0830. The van der Waals surface area contributed by atoms with Gasteiger partial charge in [-0.15, -0.1) is 11.8 Å². The quantitative estimate of drug-likeness (QED) is 0.659. The molecule has 4 nitrogen and oxygen atoms in total. The van der Waals surface area contributed by atoms with Crippen LogP contribution in [0.15, 0.2) is 0 Å². The van der Waals surface area contributed by atoms with Crippen LogP contribution in [-0.4, -0.2) is 40.0 Å². The van der Waals surface area contributed by atoms with E-state index >= 15 is 0 Å². The lowest BCUT2D eigenvalue weighted by Gasteiger charge is -2.13. The Bertz CT molecular complexity index is 304. The number of hydrogen-bond donors (Lipinski definition) is 0. The van der Waals surface area contributed by atoms with Gasteiger partial charge in [0.1, 0.15) is 5.78 Å². The summed E-state index contributed by atoms with van der Waals surface area (Å²) >= 11 is 1.52. The Morgan fingerprint density at radius 1 is 1.50 bits per heavy atom. The normalized spacial score (nSPS) is 20.6. The molecule has 0 spiro atoms. The van der Waals surface area contributed by atoms with E-state index in [0.29, 0.717) is 25.8 Å². The number of carbonyl (C=O) groups excluding carboxylic acids is 3. The van der Waals surface area contributed by atoms with Gasteiger partial charge < -0.3 is 4.79 Å². The van der Waals surface area contributed by atoms with Gasteiger partial charge in [0, 0.05) is 19.4 Å². The molecule has 1 aliphatic rings. The van der Waals surface area contributed by atoms with Crippen LogP contribution in [0.2, 0.25) is 0 Å². The van der Waals surface area contributed by atoms with Gasteiger partial charge in [0.05, 0.1) is 5.25 Å². The number of ketones is 1. The zero-order chi connectivity index (χ0) is 12.1. The zero-order valence-corrected chi connectivity index (χ0v) is 10.5. The lowest BCUT2D eigenvalue weighted by Crippen LogP contribution is -2.32. The minimum atomic E-state index is -0.199. The third-order valence-electron chi connectivity index (χ3n) is 2.48. The number of imide groups is 1. The molecule has 2 amide bonds. The fourth-order valence-electron chi connectivity index (χ4n) is 1.71. The van der Waals surface area contributed by atoms with Crippen molar-refractivity contribution < 1.29 is 14.4 Å². The molecule has 1 atom stereocenters. The molecular weight excluding hydrogens is 226 g/mol. The molecule has 0 aliphatic carbocycles. The van der Waals surface area contributed by atoms with E-state index in [1.54, 1.807) is 0 Å². The van der Waals surface area contributed by atoms with Crippen molar-refractivity contribution in [2.24, 2.45) is 0 Å². The number of hydrogen-bond acceptors (Lipinski definition) is 4. The zero-order valence-electron chi connectivity index (χ0n) is 9.69. The Morgan fingerprint density at radius 3 is 2.75 bits per heavy atom. The maximum absolute atomic E-state index is 11.8. The fourth-order valence-corrected chi connectivity index (χ4v) is 2.64. The monoisotopic (exact) mass is 243 g/mol. The van der Waals surface area contributed by atoms with Crippen molar-refractivity contribution in [2.75, 3.05) is 12.3 Å². The molecule has 0 N–H and O–H groups in total. The molecule has 0 radical (unpaired) electrons. The van der Waals surface area contributed by atoms with E-state index < -0.39 is 0 Å². The molecule has 0 aromatic rings. The van der Waals surface area contributed by atoms with E-state index in [1.165, 1.54) is 23.6 Å². The van der Waals surface area contributed by atoms with Crippen LogP contribution in [-0.2, 0) is 14.4 Å². The maximum Gasteiger partial charge on any atom is 0.242 e. The standard InChI is InChI=1S/C11H17NO3S/c1-3-16-9-7-10(14)12(11(9)15)6-4-5-8(2)13/h9H,3-7H2,1-2H3. The number of amides is 2. The summed E-state index contributed by atoms with van der Waals surface area (Å²) in [5, 5.41) is -0.199. The Kier molecular flexibility index (Phi) is 4.99. The molecule has 1 rings (SSSR count). The highest BCUT2D eigenvalue weighted by Crippen LogP contribution is 2.24. The number of Topliss-reactive ketones (excluding diaryl/α,β-unsaturated/α-hetero) is 1. The number of likely N-dealkylation sites (tertiary alicyclic amines) is 1. The topological polar surface area (TPSA) is 54.5 Å². The molecule has 0 aromatic carbocycles. The van der Waals surface area contributed by atoms with Crippen molar-refractivity contribution in [3.63, 3.8) is 0 Å². The van der Waals surface area contributed by atoms with Gasteiger partial charge in [-0.3, -0.25) is 14.5 Å². The maximum atomic E-state index is 11.8. The largest absolute Gasteiger partial charge is 0.300 e. The molecule has 90 valence electrons. The molecule has 1 heterocycles. The summed E-state index contributed by atoms with van der Waals surface area (Å²) in [5.74, 6) is 0.754. The van der Waals surface area contributed by atoms with E-state index in [1.807, 2.05) is 6.92 Å². The van der Waals surface area contributed by atoms with Crippen molar-refractivity contribution in [1.82, 2.24) is 4.90 Å². The number of nitrogens with zero attached hydrogens (tertiary/aromatic N) is 1. The highest BCUT2D eigenvalue weighted by Gasteiger charge is 2.37. The van der Waals surface area contributed by atoms with Crippen LogP contribution < -0.4 is 0 Å². The van der Waals surface area contributed by atoms with Crippen LogP contribution in [0.25, 0.3) is 0 Å². The highest BCUT2D eigenvalue weighted by molar-refractivity contribution is 8.00. The second kappa shape index (κ2) is 6.03. The second-order valence-corrected chi connectivity index (χ2v) is 5.32. The molecule has 1 fully saturated rings. The summed E-state index contributed by atoms with van der Waals surface area (Å²) in [6, 6.07) is 0. The van der Waals surface area contributed by atoms with Gasteiger partial charge in [-0.25, -0.2) is 0 Å². The van der Waals surface area contributed by atoms with Crippen LogP contribution in [0.1, 0.15) is 33.1 Å². The van der Waals surface area contributed by atoms with Crippen LogP contribution >= 0.6 is 11.8 Å². The minimum Gasteiger partial charge on any atom is -0.300 e. The summed E-state index contributed by atoms with van der Waals surface area (Å²) in [7, 11) is 0. The van der Waals surface area contributed by atoms with E-state index in [-0.39, 0.29) is 22.8 Å². The van der Waals surface area contributed by atoms with Crippen LogP contribution in [0.3, 0.4) is 0 Å². The first-order valence-electron chi connectivity index (χ1n) is 5.51. The Balaban J connectivity index is 2.44. The van der Waals surface area contributed by atoms with Crippen molar-refractivity contribution >= 4 is 29.4 Å². The van der Waals surface area contributed by atoms with Crippen molar-refractivity contribution in [1.29, 1.82) is 0 Å². The molecule has 16 heavy (non-hydrogen) atoms. The number of carbonyl (C=O) groups is 3. The fraction of sp³-hybridized carbons (Fsp3) is 0.727. The Labute approximate surface area is 99.8 Å². The smallest absolute Gasteiger partial charge is 0.242 e. The summed E-state index contributed by atoms with van der Waals surface area (Å²) in [6.45, 7) is 3.88. The van der Waals surface area contributed by atoms with Crippen molar-refractivity contribution in [3.05, 3.63) is 0 Å². The molecule has 0 bridgehead atoms. The highest BCUT2D eigenvalue weighted by atomic mass is 32.2. The number of rotatable bonds is 6. The predicted octanol–water partition coefficient (Wildman–Crippen LogP) is 1.24. The molecule has 1 unspecified atom stereocenters. The Hall–Kier alpha value is -0.840. The van der Waals surface area contributed by atoms with Gasteiger partial charge in [0.25, 0.3) is 0 Å². The first-order chi connectivity index (χ1) is 7.56. The van der Waals surface area contributed by atoms with Gasteiger partial charge in [0.2, 0.25) is 11.8 Å². The molecule has 1 saturated heterocycles. The first-order valence-corrected chi connectivity index (χ1v) is 6.56. The number of thioether (sulfide) groups is 1. The molecule has 1 aliphatic heterocycles. The lowest BCUT2D eigenvalue weighted by molar-refractivity contribution is -0.138. The average molecular weight is 243 g/mol. The third-order valence-corrected chi connectivity index (χ3v) is 3.58. The van der Waals surface area contributed by atoms with E-state index in [2.05, 4.69) is 0 Å². The first kappa shape index (κ1) is 13.2. The van der Waals surface area contributed by atoms with Gasteiger partial charge in [-0.05, 0) is 19.1 Å². The Morgan fingerprint density at radius 2 is 2.19 bits per heavy atom. The molecular formula is C11H17NO3S. The third kappa shape index (κ3) is 3.33. The van der Waals surface area contributed by atoms with Crippen LogP contribution in [0, 0.1) is 0 Å². The summed E-state index contributed by atoms with van der Waals surface area (Å²) in [4.78, 5) is 35.4. The van der Waals surface area contributed by atoms with Crippen LogP contribution in [0.5, 0.6) is 0 Å². The molecule has 0 saturated carbocycles. The molecule has 5 heteroatoms. The summed E-state index contributed by atoms with van der Waals surface area (Å²) < 4.78 is 0. The lowest BCUT2D eigenvalue weighted by atomic mass is 10.2. The summed E-state index contributed by atoms with van der Waals surface area (Å²) in [6.07, 6.45) is 1.33. The van der Waals surface area contributed by atoms with E-state index in [0.717, 1.165) is 5.75 Å². The second-order valence-electron chi connectivity index (χ2n) is 3.84. The van der Waals surface area contributed by atoms with Gasteiger partial charge in [-0.1, -0.05) is 6.92 Å². The predicted molar refractivity (Wildman–Crippen MR) is 63.2 cm³/mol. The van der Waals surface area contributed by atoms with Crippen LogP contribution in [0.4, 0.5) is 0 Å². The van der Waals surface area contributed by atoms with Crippen molar-refractivity contribution in [2.45, 2.75) is 38.4 Å². The van der Waals surface area contributed by atoms with Gasteiger partial charge >= 0.3 is 0 Å². The van der Waals surface area contributed by atoms with E-state index in [4.69, 9.17) is 0 Å². The van der Waals surface area contributed by atoms with E-state index in [9.17, 15) is 14.4 Å². The SMILES string of the molecule is CCSC1CC(=O)N(CCCC(C)=O)C1=O.